The monoisotopic (exact) mass is 279 g/mol. The van der Waals surface area contributed by atoms with E-state index >= 15 is 0 Å². The van der Waals surface area contributed by atoms with E-state index < -0.39 is 5.82 Å². The Morgan fingerprint density at radius 1 is 1.45 bits per heavy atom. The zero-order chi connectivity index (χ0) is 14.5. The molecular weight excluding hydrogens is 257 g/mol. The lowest BCUT2D eigenvalue weighted by molar-refractivity contribution is 0.0957. The molecular formula is C16H22FNO2. The minimum atomic E-state index is -0.500. The number of hydrogen-bond donors (Lipinski definition) is 0. The Morgan fingerprint density at radius 3 is 2.80 bits per heavy atom. The van der Waals surface area contributed by atoms with Gasteiger partial charge >= 0.3 is 0 Å². The minimum Gasteiger partial charge on any atom is -0.496 e. The first-order valence-corrected chi connectivity index (χ1v) is 7.23. The summed E-state index contributed by atoms with van der Waals surface area (Å²) in [6.45, 7) is 4.76. The number of rotatable bonds is 8. The van der Waals surface area contributed by atoms with Crippen LogP contribution in [0.2, 0.25) is 0 Å². The van der Waals surface area contributed by atoms with Crippen molar-refractivity contribution in [3.8, 4) is 5.75 Å². The van der Waals surface area contributed by atoms with Crippen LogP contribution in [0.4, 0.5) is 4.39 Å². The van der Waals surface area contributed by atoms with Crippen LogP contribution in [-0.2, 0) is 0 Å². The largest absolute Gasteiger partial charge is 0.496 e. The molecule has 1 saturated carbocycles. The van der Waals surface area contributed by atoms with Crippen LogP contribution in [0.3, 0.4) is 0 Å². The number of hydrogen-bond acceptors (Lipinski definition) is 3. The molecule has 0 spiro atoms. The highest BCUT2D eigenvalue weighted by Crippen LogP contribution is 2.30. The van der Waals surface area contributed by atoms with E-state index in [1.807, 2.05) is 0 Å². The highest BCUT2D eigenvalue weighted by atomic mass is 19.1. The maximum Gasteiger partial charge on any atom is 0.170 e. The van der Waals surface area contributed by atoms with Crippen molar-refractivity contribution in [2.24, 2.45) is 5.92 Å². The molecule has 4 heteroatoms. The van der Waals surface area contributed by atoms with Gasteiger partial charge in [-0.05, 0) is 37.4 Å². The van der Waals surface area contributed by atoms with Gasteiger partial charge in [0.05, 0.1) is 12.7 Å². The standard InChI is InChI=1S/C16H22FNO2/c1-3-18(11-12-7-8-12)10-9-14(19)16-13(17)5-4-6-15(16)20-2/h4-6,12H,3,7-11H2,1-2H3. The number of benzene rings is 1. The van der Waals surface area contributed by atoms with Crippen molar-refractivity contribution >= 4 is 5.78 Å². The van der Waals surface area contributed by atoms with Gasteiger partial charge in [0.15, 0.2) is 5.78 Å². The van der Waals surface area contributed by atoms with E-state index in [4.69, 9.17) is 4.74 Å². The second kappa shape index (κ2) is 6.84. The summed E-state index contributed by atoms with van der Waals surface area (Å²) in [7, 11) is 1.46. The van der Waals surface area contributed by atoms with Gasteiger partial charge in [-0.2, -0.15) is 0 Å². The molecule has 0 bridgehead atoms. The molecule has 0 amide bonds. The number of nitrogens with zero attached hydrogens (tertiary/aromatic N) is 1. The molecule has 0 unspecified atom stereocenters. The fraction of sp³-hybridized carbons (Fsp3) is 0.562. The predicted octanol–water partition coefficient (Wildman–Crippen LogP) is 3.14. The lowest BCUT2D eigenvalue weighted by Crippen LogP contribution is -2.28. The lowest BCUT2D eigenvalue weighted by atomic mass is 10.1. The Kier molecular flexibility index (Phi) is 5.12. The number of ether oxygens (including phenoxy) is 1. The molecule has 1 aliphatic carbocycles. The Morgan fingerprint density at radius 2 is 2.20 bits per heavy atom. The van der Waals surface area contributed by atoms with Crippen molar-refractivity contribution in [1.82, 2.24) is 4.90 Å². The maximum absolute atomic E-state index is 13.8. The molecule has 0 radical (unpaired) electrons. The minimum absolute atomic E-state index is 0.0810. The summed E-state index contributed by atoms with van der Waals surface area (Å²) < 4.78 is 18.9. The van der Waals surface area contributed by atoms with Crippen molar-refractivity contribution in [3.63, 3.8) is 0 Å². The molecule has 0 N–H and O–H groups in total. The van der Waals surface area contributed by atoms with Gasteiger partial charge in [-0.25, -0.2) is 4.39 Å². The van der Waals surface area contributed by atoms with Gasteiger partial charge in [0.1, 0.15) is 11.6 Å². The van der Waals surface area contributed by atoms with Crippen molar-refractivity contribution < 1.29 is 13.9 Å². The Balaban J connectivity index is 1.96. The molecule has 3 nitrogen and oxygen atoms in total. The number of methoxy groups -OCH3 is 1. The van der Waals surface area contributed by atoms with Gasteiger partial charge in [0.25, 0.3) is 0 Å². The van der Waals surface area contributed by atoms with Crippen LogP contribution in [0.25, 0.3) is 0 Å². The molecule has 1 aliphatic rings. The van der Waals surface area contributed by atoms with E-state index in [9.17, 15) is 9.18 Å². The third-order valence-corrected chi connectivity index (χ3v) is 3.79. The molecule has 1 aromatic carbocycles. The Bertz CT molecular complexity index is 472. The first-order valence-electron chi connectivity index (χ1n) is 7.23. The summed E-state index contributed by atoms with van der Waals surface area (Å²) in [5, 5.41) is 0. The summed E-state index contributed by atoms with van der Waals surface area (Å²) in [5.41, 5.74) is 0.0810. The summed E-state index contributed by atoms with van der Waals surface area (Å²) in [6.07, 6.45) is 2.93. The molecule has 0 aliphatic heterocycles. The zero-order valence-corrected chi connectivity index (χ0v) is 12.2. The van der Waals surface area contributed by atoms with Gasteiger partial charge in [-0.1, -0.05) is 13.0 Å². The highest BCUT2D eigenvalue weighted by Gasteiger charge is 2.24. The Labute approximate surface area is 119 Å². The normalized spacial score (nSPS) is 14.6. The third-order valence-electron chi connectivity index (χ3n) is 3.79. The fourth-order valence-corrected chi connectivity index (χ4v) is 2.37. The van der Waals surface area contributed by atoms with Crippen LogP contribution in [0.15, 0.2) is 18.2 Å². The van der Waals surface area contributed by atoms with Crippen LogP contribution in [0.5, 0.6) is 5.75 Å². The van der Waals surface area contributed by atoms with E-state index in [1.54, 1.807) is 12.1 Å². The molecule has 0 heterocycles. The summed E-state index contributed by atoms with van der Waals surface area (Å²) >= 11 is 0. The molecule has 110 valence electrons. The van der Waals surface area contributed by atoms with Crippen LogP contribution in [0, 0.1) is 11.7 Å². The molecule has 2 rings (SSSR count). The van der Waals surface area contributed by atoms with Crippen molar-refractivity contribution in [1.29, 1.82) is 0 Å². The number of carbonyl (C=O) groups is 1. The second-order valence-electron chi connectivity index (χ2n) is 5.33. The first-order chi connectivity index (χ1) is 9.65. The predicted molar refractivity (Wildman–Crippen MR) is 76.7 cm³/mol. The smallest absolute Gasteiger partial charge is 0.170 e. The van der Waals surface area contributed by atoms with Crippen LogP contribution in [-0.4, -0.2) is 37.4 Å². The van der Waals surface area contributed by atoms with Crippen molar-refractivity contribution in [2.75, 3.05) is 26.7 Å². The second-order valence-corrected chi connectivity index (χ2v) is 5.33. The summed E-state index contributed by atoms with van der Waals surface area (Å²) in [4.78, 5) is 14.5. The van der Waals surface area contributed by atoms with E-state index in [0.717, 1.165) is 19.0 Å². The third kappa shape index (κ3) is 3.79. The van der Waals surface area contributed by atoms with Crippen molar-refractivity contribution in [2.45, 2.75) is 26.2 Å². The van der Waals surface area contributed by atoms with Gasteiger partial charge in [-0.15, -0.1) is 0 Å². The van der Waals surface area contributed by atoms with Crippen LogP contribution < -0.4 is 4.74 Å². The molecule has 0 saturated heterocycles. The lowest BCUT2D eigenvalue weighted by Gasteiger charge is -2.19. The highest BCUT2D eigenvalue weighted by molar-refractivity contribution is 5.99. The van der Waals surface area contributed by atoms with Gasteiger partial charge in [-0.3, -0.25) is 4.79 Å². The van der Waals surface area contributed by atoms with Crippen molar-refractivity contribution in [3.05, 3.63) is 29.6 Å². The SMILES string of the molecule is CCN(CCC(=O)c1c(F)cccc1OC)CC1CC1. The fourth-order valence-electron chi connectivity index (χ4n) is 2.37. The zero-order valence-electron chi connectivity index (χ0n) is 12.2. The quantitative estimate of drug-likeness (QED) is 0.685. The summed E-state index contributed by atoms with van der Waals surface area (Å²) in [5.74, 6) is 0.432. The van der Waals surface area contributed by atoms with Gasteiger partial charge < -0.3 is 9.64 Å². The summed E-state index contributed by atoms with van der Waals surface area (Å²) in [6, 6.07) is 4.48. The molecule has 20 heavy (non-hydrogen) atoms. The number of halogens is 1. The molecule has 1 fully saturated rings. The average Bonchev–Trinajstić information content (AvgIpc) is 3.26. The molecule has 0 aromatic heterocycles. The number of ketones is 1. The molecule has 0 atom stereocenters. The Hall–Kier alpha value is -1.42. The first kappa shape index (κ1) is 15.0. The number of carbonyl (C=O) groups excluding carboxylic acids is 1. The van der Waals surface area contributed by atoms with Gasteiger partial charge in [0.2, 0.25) is 0 Å². The van der Waals surface area contributed by atoms with E-state index in [2.05, 4.69) is 11.8 Å². The maximum atomic E-state index is 13.8. The van der Waals surface area contributed by atoms with E-state index in [1.165, 1.54) is 26.0 Å². The van der Waals surface area contributed by atoms with E-state index in [0.29, 0.717) is 18.7 Å². The van der Waals surface area contributed by atoms with Crippen LogP contribution >= 0.6 is 0 Å². The topological polar surface area (TPSA) is 29.5 Å². The van der Waals surface area contributed by atoms with Crippen LogP contribution in [0.1, 0.15) is 36.5 Å². The molecule has 1 aromatic rings. The van der Waals surface area contributed by atoms with E-state index in [-0.39, 0.29) is 11.3 Å². The number of Topliss-reactive ketones (excluding diaryl/α,β-unsaturated/α-hetero) is 1. The average molecular weight is 279 g/mol. The van der Waals surface area contributed by atoms with Gasteiger partial charge in [0, 0.05) is 19.5 Å².